The fourth-order valence-electron chi connectivity index (χ4n) is 2.30. The van der Waals surface area contributed by atoms with Crippen molar-refractivity contribution >= 4 is 33.9 Å². The average Bonchev–Trinajstić information content (AvgIpc) is 2.96. The summed E-state index contributed by atoms with van der Waals surface area (Å²) in [6.07, 6.45) is 0. The van der Waals surface area contributed by atoms with Gasteiger partial charge in [-0.3, -0.25) is 0 Å². The molecule has 2 aromatic carbocycles. The van der Waals surface area contributed by atoms with Crippen molar-refractivity contribution in [3.63, 3.8) is 0 Å². The minimum atomic E-state index is 0.899. The summed E-state index contributed by atoms with van der Waals surface area (Å²) in [7, 11) is 0. The lowest BCUT2D eigenvalue weighted by molar-refractivity contribution is 1.21. The van der Waals surface area contributed by atoms with E-state index in [2.05, 4.69) is 78.9 Å². The first-order valence-corrected chi connectivity index (χ1v) is 9.45. The van der Waals surface area contributed by atoms with Crippen LogP contribution in [0, 0.1) is 20.8 Å². The van der Waals surface area contributed by atoms with Crippen molar-refractivity contribution in [3.8, 4) is 0 Å². The van der Waals surface area contributed by atoms with Gasteiger partial charge in [0, 0.05) is 21.7 Å². The summed E-state index contributed by atoms with van der Waals surface area (Å²) in [5.74, 6) is 0.899. The van der Waals surface area contributed by atoms with Gasteiger partial charge in [-0.15, -0.1) is 23.1 Å². The number of hydrogen-bond acceptors (Lipinski definition) is 4. The van der Waals surface area contributed by atoms with Gasteiger partial charge in [0.1, 0.15) is 0 Å². The van der Waals surface area contributed by atoms with Gasteiger partial charge in [0.05, 0.1) is 5.69 Å². The molecule has 0 unspecified atom stereocenters. The number of aryl methyl sites for hydroxylation is 3. The van der Waals surface area contributed by atoms with Crippen LogP contribution in [0.5, 0.6) is 0 Å². The maximum absolute atomic E-state index is 4.68. The molecule has 3 rings (SSSR count). The second-order valence-corrected chi connectivity index (χ2v) is 7.57. The molecule has 1 heterocycles. The molecule has 2 nitrogen and oxygen atoms in total. The van der Waals surface area contributed by atoms with Crippen molar-refractivity contribution in [1.29, 1.82) is 0 Å². The number of thioether (sulfide) groups is 1. The second kappa shape index (κ2) is 7.20. The van der Waals surface area contributed by atoms with Gasteiger partial charge in [-0.2, -0.15) is 0 Å². The van der Waals surface area contributed by atoms with E-state index in [4.69, 9.17) is 0 Å². The Morgan fingerprint density at radius 2 is 1.74 bits per heavy atom. The standard InChI is InChI=1S/C19H20N2S2/c1-13-4-7-16(8-5-13)20-19-21-17(12-23-19)11-22-18-9-6-14(2)10-15(18)3/h4-10,12H,11H2,1-3H3,(H,20,21). The largest absolute Gasteiger partial charge is 0.332 e. The van der Waals surface area contributed by atoms with E-state index in [1.807, 2.05) is 11.8 Å². The Morgan fingerprint density at radius 3 is 2.48 bits per heavy atom. The van der Waals surface area contributed by atoms with Gasteiger partial charge in [-0.05, 0) is 44.5 Å². The summed E-state index contributed by atoms with van der Waals surface area (Å²) in [6, 6.07) is 15.0. The first-order chi connectivity index (χ1) is 11.1. The molecule has 3 aromatic rings. The zero-order valence-corrected chi connectivity index (χ0v) is 15.2. The molecule has 0 bridgehead atoms. The summed E-state index contributed by atoms with van der Waals surface area (Å²) in [5, 5.41) is 6.45. The molecule has 0 aliphatic carbocycles. The zero-order valence-electron chi connectivity index (χ0n) is 13.6. The number of nitrogens with one attached hydrogen (secondary N) is 1. The first kappa shape index (κ1) is 16.1. The van der Waals surface area contributed by atoms with Gasteiger partial charge < -0.3 is 5.32 Å². The number of rotatable bonds is 5. The van der Waals surface area contributed by atoms with Crippen molar-refractivity contribution in [1.82, 2.24) is 4.98 Å². The van der Waals surface area contributed by atoms with E-state index in [0.29, 0.717) is 0 Å². The van der Waals surface area contributed by atoms with Crippen LogP contribution in [-0.2, 0) is 5.75 Å². The third-order valence-corrected chi connectivity index (χ3v) is 5.58. The van der Waals surface area contributed by atoms with E-state index in [1.165, 1.54) is 21.6 Å². The predicted octanol–water partition coefficient (Wildman–Crippen LogP) is 6.10. The molecule has 0 amide bonds. The van der Waals surface area contributed by atoms with Crippen LogP contribution >= 0.6 is 23.1 Å². The maximum Gasteiger partial charge on any atom is 0.187 e. The van der Waals surface area contributed by atoms with Crippen molar-refractivity contribution in [3.05, 3.63) is 70.2 Å². The molecule has 0 saturated heterocycles. The normalized spacial score (nSPS) is 10.7. The number of aromatic nitrogens is 1. The summed E-state index contributed by atoms with van der Waals surface area (Å²) in [4.78, 5) is 6.01. The van der Waals surface area contributed by atoms with Gasteiger partial charge in [-0.1, -0.05) is 35.4 Å². The molecule has 0 aliphatic heterocycles. The summed E-state index contributed by atoms with van der Waals surface area (Å²) in [5.41, 5.74) is 6.11. The topological polar surface area (TPSA) is 24.9 Å². The van der Waals surface area contributed by atoms with Crippen LogP contribution in [0.1, 0.15) is 22.4 Å². The highest BCUT2D eigenvalue weighted by Crippen LogP contribution is 2.29. The van der Waals surface area contributed by atoms with Crippen LogP contribution in [0.4, 0.5) is 10.8 Å². The molecule has 0 radical (unpaired) electrons. The monoisotopic (exact) mass is 340 g/mol. The van der Waals surface area contributed by atoms with Crippen LogP contribution in [0.25, 0.3) is 0 Å². The van der Waals surface area contributed by atoms with E-state index >= 15 is 0 Å². The Labute approximate surface area is 146 Å². The highest BCUT2D eigenvalue weighted by Gasteiger charge is 2.05. The molecule has 1 aromatic heterocycles. The molecule has 118 valence electrons. The summed E-state index contributed by atoms with van der Waals surface area (Å²) < 4.78 is 0. The predicted molar refractivity (Wildman–Crippen MR) is 102 cm³/mol. The minimum absolute atomic E-state index is 0.899. The van der Waals surface area contributed by atoms with E-state index in [1.54, 1.807) is 11.3 Å². The van der Waals surface area contributed by atoms with Crippen LogP contribution < -0.4 is 5.32 Å². The van der Waals surface area contributed by atoms with E-state index in [-0.39, 0.29) is 0 Å². The van der Waals surface area contributed by atoms with Crippen molar-refractivity contribution in [2.75, 3.05) is 5.32 Å². The fraction of sp³-hybridized carbons (Fsp3) is 0.211. The van der Waals surface area contributed by atoms with E-state index in [0.717, 1.165) is 22.3 Å². The molecular weight excluding hydrogens is 320 g/mol. The quantitative estimate of drug-likeness (QED) is 0.568. The molecule has 0 saturated carbocycles. The second-order valence-electron chi connectivity index (χ2n) is 5.69. The Kier molecular flexibility index (Phi) is 5.03. The van der Waals surface area contributed by atoms with Gasteiger partial charge >= 0.3 is 0 Å². The third-order valence-electron chi connectivity index (χ3n) is 3.56. The highest BCUT2D eigenvalue weighted by atomic mass is 32.2. The lowest BCUT2D eigenvalue weighted by Crippen LogP contribution is -1.90. The number of thiazole rings is 1. The fourth-order valence-corrected chi connectivity index (χ4v) is 4.04. The number of hydrogen-bond donors (Lipinski definition) is 1. The Balaban J connectivity index is 1.62. The van der Waals surface area contributed by atoms with Gasteiger partial charge in [0.25, 0.3) is 0 Å². The third kappa shape index (κ3) is 4.36. The molecule has 0 fully saturated rings. The lowest BCUT2D eigenvalue weighted by atomic mass is 10.2. The molecule has 4 heteroatoms. The summed E-state index contributed by atoms with van der Waals surface area (Å²) >= 11 is 3.50. The number of benzene rings is 2. The molecule has 0 spiro atoms. The van der Waals surface area contributed by atoms with Crippen LogP contribution in [-0.4, -0.2) is 4.98 Å². The van der Waals surface area contributed by atoms with Gasteiger partial charge in [0.15, 0.2) is 5.13 Å². The van der Waals surface area contributed by atoms with E-state index in [9.17, 15) is 0 Å². The number of anilines is 2. The van der Waals surface area contributed by atoms with Crippen LogP contribution in [0.15, 0.2) is 52.7 Å². The highest BCUT2D eigenvalue weighted by molar-refractivity contribution is 7.98. The minimum Gasteiger partial charge on any atom is -0.332 e. The van der Waals surface area contributed by atoms with Crippen LogP contribution in [0.2, 0.25) is 0 Å². The smallest absolute Gasteiger partial charge is 0.187 e. The average molecular weight is 341 g/mol. The molecule has 0 atom stereocenters. The zero-order chi connectivity index (χ0) is 16.2. The first-order valence-electron chi connectivity index (χ1n) is 7.58. The Morgan fingerprint density at radius 1 is 1.00 bits per heavy atom. The lowest BCUT2D eigenvalue weighted by Gasteiger charge is -2.05. The van der Waals surface area contributed by atoms with Gasteiger partial charge in [-0.25, -0.2) is 4.98 Å². The number of nitrogens with zero attached hydrogens (tertiary/aromatic N) is 1. The summed E-state index contributed by atoms with van der Waals surface area (Å²) in [6.45, 7) is 6.39. The van der Waals surface area contributed by atoms with Crippen molar-refractivity contribution in [2.24, 2.45) is 0 Å². The van der Waals surface area contributed by atoms with Gasteiger partial charge in [0.2, 0.25) is 0 Å². The Bertz CT molecular complexity index is 791. The molecule has 1 N–H and O–H groups in total. The SMILES string of the molecule is Cc1ccc(Nc2nc(CSc3ccc(C)cc3C)cs2)cc1. The molecule has 23 heavy (non-hydrogen) atoms. The van der Waals surface area contributed by atoms with Crippen molar-refractivity contribution in [2.45, 2.75) is 31.4 Å². The van der Waals surface area contributed by atoms with Crippen molar-refractivity contribution < 1.29 is 0 Å². The molecule has 0 aliphatic rings. The van der Waals surface area contributed by atoms with Crippen LogP contribution in [0.3, 0.4) is 0 Å². The van der Waals surface area contributed by atoms with E-state index < -0.39 is 0 Å². The maximum atomic E-state index is 4.68. The molecular formula is C19H20N2S2. The Hall–Kier alpha value is -1.78.